The zero-order chi connectivity index (χ0) is 72.3. The third kappa shape index (κ3) is 28.7. The lowest BCUT2D eigenvalue weighted by Crippen LogP contribution is -2.54. The van der Waals surface area contributed by atoms with E-state index >= 15 is 0 Å². The van der Waals surface area contributed by atoms with Gasteiger partial charge in [0.2, 0.25) is 23.6 Å². The Morgan fingerprint density at radius 1 is 0.691 bits per heavy atom. The van der Waals surface area contributed by atoms with Crippen LogP contribution in [0.15, 0.2) is 54.6 Å². The lowest BCUT2D eigenvalue weighted by molar-refractivity contribution is -0.149. The number of nitrogens with zero attached hydrogens (tertiary/aromatic N) is 3. The summed E-state index contributed by atoms with van der Waals surface area (Å²) in [5, 5.41) is 19.2. The Morgan fingerprint density at radius 3 is 1.85 bits per heavy atom. The number of anilines is 1. The van der Waals surface area contributed by atoms with E-state index in [1.54, 1.807) is 62.1 Å². The van der Waals surface area contributed by atoms with E-state index in [1.807, 2.05) is 85.7 Å². The van der Waals surface area contributed by atoms with Crippen LogP contribution in [0, 0.1) is 47.3 Å². The summed E-state index contributed by atoms with van der Waals surface area (Å²) in [6.07, 6.45) is -0.699. The van der Waals surface area contributed by atoms with Gasteiger partial charge in [0.05, 0.1) is 102 Å². The Morgan fingerprint density at radius 2 is 1.30 bits per heavy atom. The quantitative estimate of drug-likeness (QED) is 0.0354. The van der Waals surface area contributed by atoms with Crippen LogP contribution in [0.1, 0.15) is 151 Å². The molecule has 0 spiro atoms. The second kappa shape index (κ2) is 45.3. The minimum absolute atomic E-state index is 0.00219. The monoisotopic (exact) mass is 1370 g/mol. The van der Waals surface area contributed by atoms with Crippen molar-refractivity contribution in [3.63, 3.8) is 0 Å². The number of ketones is 3. The summed E-state index contributed by atoms with van der Waals surface area (Å²) in [7, 11) is 6.25. The molecule has 2 aromatic rings. The van der Waals surface area contributed by atoms with Crippen LogP contribution in [0.5, 0.6) is 0 Å². The maximum absolute atomic E-state index is 14.9. The lowest BCUT2D eigenvalue weighted by atomic mass is 9.83. The molecule has 0 saturated carbocycles. The number of nitrogens with one attached hydrogen (secondary N) is 3. The van der Waals surface area contributed by atoms with Crippen LogP contribution < -0.4 is 27.4 Å². The molecule has 0 aromatic heterocycles. The predicted octanol–water partition coefficient (Wildman–Crippen LogP) is 7.28. The van der Waals surface area contributed by atoms with E-state index in [9.17, 15) is 48.3 Å². The molecule has 7 amide bonds. The topological polar surface area (TPSA) is 336 Å². The second-order valence-corrected chi connectivity index (χ2v) is 26.7. The zero-order valence-corrected chi connectivity index (χ0v) is 60.4. The number of aliphatic hydroxyl groups is 1. The van der Waals surface area contributed by atoms with E-state index in [-0.39, 0.29) is 130 Å². The Bertz CT molecular complexity index is 2700. The molecule has 548 valence electrons. The van der Waals surface area contributed by atoms with Gasteiger partial charge >= 0.3 is 12.1 Å². The van der Waals surface area contributed by atoms with Crippen molar-refractivity contribution in [2.45, 2.75) is 183 Å². The van der Waals surface area contributed by atoms with Gasteiger partial charge in [-0.3, -0.25) is 33.6 Å². The van der Waals surface area contributed by atoms with Crippen LogP contribution in [0.25, 0.3) is 0 Å². The number of primary amides is 1. The number of Topliss-reactive ketones (excluding diaryl/α,β-unsaturated/α-hetero) is 3. The summed E-state index contributed by atoms with van der Waals surface area (Å²) in [6.45, 7) is 22.3. The minimum atomic E-state index is -0.962. The first-order valence-electron chi connectivity index (χ1n) is 34.7. The molecular weight excluding hydrogens is 1250 g/mol. The highest BCUT2D eigenvalue weighted by Gasteiger charge is 2.44. The summed E-state index contributed by atoms with van der Waals surface area (Å²) in [6, 6.07) is 12.3. The Balaban J connectivity index is 1.64. The molecule has 1 fully saturated rings. The van der Waals surface area contributed by atoms with E-state index in [1.165, 1.54) is 19.1 Å². The van der Waals surface area contributed by atoms with E-state index in [0.29, 0.717) is 89.7 Å². The molecular formula is C72H118N8O17. The van der Waals surface area contributed by atoms with Gasteiger partial charge in [-0.25, -0.2) is 9.59 Å². The van der Waals surface area contributed by atoms with Crippen LogP contribution in [0.4, 0.5) is 15.3 Å². The molecule has 0 bridgehead atoms. The van der Waals surface area contributed by atoms with Gasteiger partial charge in [-0.2, -0.15) is 0 Å². The first kappa shape index (κ1) is 84.8. The van der Waals surface area contributed by atoms with Crippen molar-refractivity contribution in [3.05, 3.63) is 65.7 Å². The van der Waals surface area contributed by atoms with Crippen molar-refractivity contribution < 1.29 is 81.4 Å². The fourth-order valence-corrected chi connectivity index (χ4v) is 12.6. The molecule has 0 unspecified atom stereocenters. The molecule has 2 aromatic carbocycles. The lowest BCUT2D eigenvalue weighted by Gasteiger charge is -2.41. The van der Waals surface area contributed by atoms with Crippen molar-refractivity contribution in [1.29, 1.82) is 0 Å². The van der Waals surface area contributed by atoms with Gasteiger partial charge in [0.1, 0.15) is 12.4 Å². The first-order valence-corrected chi connectivity index (χ1v) is 34.7. The third-order valence-corrected chi connectivity index (χ3v) is 18.4. The highest BCUT2D eigenvalue weighted by atomic mass is 16.6. The molecule has 1 aliphatic heterocycles. The van der Waals surface area contributed by atoms with Gasteiger partial charge < -0.3 is 80.4 Å². The fraction of sp³-hybridized carbons (Fsp3) is 0.708. The van der Waals surface area contributed by atoms with Gasteiger partial charge in [-0.05, 0) is 78.5 Å². The first-order chi connectivity index (χ1) is 46.1. The fourth-order valence-electron chi connectivity index (χ4n) is 12.6. The molecule has 1 aliphatic rings. The van der Waals surface area contributed by atoms with Crippen molar-refractivity contribution in [1.82, 2.24) is 25.3 Å². The number of methoxy groups -OCH3 is 2. The van der Waals surface area contributed by atoms with E-state index in [2.05, 4.69) is 16.0 Å². The normalized spacial score (nSPS) is 16.6. The van der Waals surface area contributed by atoms with Crippen LogP contribution in [-0.4, -0.2) is 210 Å². The number of carbonyl (C=O) groups is 9. The number of urea groups is 1. The van der Waals surface area contributed by atoms with Gasteiger partial charge in [-0.15, -0.1) is 0 Å². The van der Waals surface area contributed by atoms with E-state index in [4.69, 9.17) is 44.6 Å². The van der Waals surface area contributed by atoms with Crippen LogP contribution in [-0.2, 0) is 73.3 Å². The number of carbonyl (C=O) groups excluding carboxylic acids is 9. The predicted molar refractivity (Wildman–Crippen MR) is 370 cm³/mol. The van der Waals surface area contributed by atoms with E-state index in [0.717, 1.165) is 5.56 Å². The average molecular weight is 1370 g/mol. The van der Waals surface area contributed by atoms with Crippen molar-refractivity contribution in [3.8, 4) is 0 Å². The number of benzene rings is 2. The van der Waals surface area contributed by atoms with Crippen molar-refractivity contribution >= 4 is 58.8 Å². The number of hydrogen-bond donors (Lipinski definition) is 6. The summed E-state index contributed by atoms with van der Waals surface area (Å²) in [5.74, 6) is -5.77. The number of likely N-dealkylation sites (tertiary alicyclic amines) is 1. The molecule has 3 rings (SSSR count). The standard InChI is InChI=1S/C72H118N8O17/c1-15-49(8)66(61(91-13)44-63(85)80-32-20-24-57(80)68(92-14)51(10)58(81)41-50(9)67(86)53-21-17-16-18-22-53)78(11)70(88)56(46(2)3)43-60(83)65(48(6)7)79(12)72(90)97-45-52-25-27-55(28-26-52)76-69(87)54(23-19-31-75-71(74)89)42-59(82)64(47(4)5)77-62(84)29-33-93-35-37-95-39-40-96-38-36-94-34-30-73/h16-18,21-22,25-28,46-51,54,56-57,61,64-68,86H,15,19-20,23-24,29-45,73H2,1-14H3,(H,76,87)(H,77,84)(H3,74,75,89)/t49-,50+,51-,54+,56-,57-,61+,64-,65-,66-,67-,68+/m0/s1. The average Bonchev–Trinajstić information content (AvgIpc) is 1.23. The smallest absolute Gasteiger partial charge is 0.410 e. The van der Waals surface area contributed by atoms with Crippen LogP contribution in [0.3, 0.4) is 0 Å². The summed E-state index contributed by atoms with van der Waals surface area (Å²) >= 11 is 0. The molecule has 1 heterocycles. The van der Waals surface area contributed by atoms with Crippen molar-refractivity contribution in [2.75, 3.05) is 106 Å². The summed E-state index contributed by atoms with van der Waals surface area (Å²) < 4.78 is 39.6. The third-order valence-electron chi connectivity index (χ3n) is 18.4. The number of ether oxygens (including phenoxy) is 7. The van der Waals surface area contributed by atoms with Gasteiger partial charge in [0.25, 0.3) is 0 Å². The molecule has 8 N–H and O–H groups in total. The molecule has 1 saturated heterocycles. The minimum Gasteiger partial charge on any atom is -0.445 e. The molecule has 0 radical (unpaired) electrons. The Hall–Kier alpha value is -6.45. The molecule has 97 heavy (non-hydrogen) atoms. The second-order valence-electron chi connectivity index (χ2n) is 26.7. The largest absolute Gasteiger partial charge is 0.445 e. The molecule has 25 heteroatoms. The highest BCUT2D eigenvalue weighted by Crippen LogP contribution is 2.33. The number of aliphatic hydroxyl groups excluding tert-OH is 1. The Labute approximate surface area is 576 Å². The summed E-state index contributed by atoms with van der Waals surface area (Å²) in [4.78, 5) is 128. The SMILES string of the molecule is CC[C@H](C)[C@@H]([C@@H](CC(=O)N1CCC[C@H]1[C@H](OC)[C@@H](C)C(=O)C[C@@H](C)[C@H](O)c1ccccc1)OC)N(C)C(=O)[C@@H](CC(=O)[C@H](C(C)C)N(C)C(=O)OCc1ccc(NC(=O)[C@H](CCCNC(N)=O)CC(=O)[C@@H](NC(=O)CCOCCOCCOCCOCCN)C(C)C)cc1)C(C)C. The number of amides is 7. The van der Waals surface area contributed by atoms with Crippen LogP contribution in [0.2, 0.25) is 0 Å². The molecule has 0 aliphatic carbocycles. The van der Waals surface area contributed by atoms with Crippen LogP contribution >= 0.6 is 0 Å². The van der Waals surface area contributed by atoms with E-state index < -0.39 is 78.1 Å². The van der Waals surface area contributed by atoms with Gasteiger partial charge in [0.15, 0.2) is 11.6 Å². The molecule has 12 atom stereocenters. The summed E-state index contributed by atoms with van der Waals surface area (Å²) in [5.41, 5.74) is 12.4. The Kier molecular flexibility index (Phi) is 39.6. The highest BCUT2D eigenvalue weighted by molar-refractivity contribution is 5.97. The number of hydrogen-bond acceptors (Lipinski definition) is 18. The molecule has 25 nitrogen and oxygen atoms in total. The number of likely N-dealkylation sites (N-methyl/N-ethyl adjacent to an activating group) is 2. The number of nitrogens with two attached hydrogens (primary N) is 2. The maximum atomic E-state index is 14.9. The van der Waals surface area contributed by atoms with Gasteiger partial charge in [-0.1, -0.05) is 118 Å². The maximum Gasteiger partial charge on any atom is 0.410 e. The number of rotatable bonds is 49. The van der Waals surface area contributed by atoms with Crippen molar-refractivity contribution in [2.24, 2.45) is 58.8 Å². The zero-order valence-electron chi connectivity index (χ0n) is 60.4. The van der Waals surface area contributed by atoms with Gasteiger partial charge in [0, 0.05) is 97.1 Å².